The third-order valence-corrected chi connectivity index (χ3v) is 4.60. The highest BCUT2D eigenvalue weighted by atomic mass is 16.5. The Morgan fingerprint density at radius 1 is 1.48 bits per heavy atom. The van der Waals surface area contributed by atoms with Gasteiger partial charge < -0.3 is 19.2 Å². The van der Waals surface area contributed by atoms with Crippen LogP contribution in [0.15, 0.2) is 28.9 Å². The molecule has 5 heteroatoms. The number of likely N-dealkylation sites (tertiary alicyclic amines) is 1. The summed E-state index contributed by atoms with van der Waals surface area (Å²) in [7, 11) is 1.62. The van der Waals surface area contributed by atoms with E-state index in [0.29, 0.717) is 6.42 Å². The Kier molecular flexibility index (Phi) is 4.86. The van der Waals surface area contributed by atoms with E-state index in [2.05, 4.69) is 0 Å². The normalized spacial score (nSPS) is 17.8. The van der Waals surface area contributed by atoms with Crippen LogP contribution in [0.4, 0.5) is 0 Å². The Morgan fingerprint density at radius 3 is 3.13 bits per heavy atom. The highest BCUT2D eigenvalue weighted by Crippen LogP contribution is 2.28. The second-order valence-electron chi connectivity index (χ2n) is 6.05. The summed E-state index contributed by atoms with van der Waals surface area (Å²) in [5.74, 6) is 0.886. The van der Waals surface area contributed by atoms with E-state index < -0.39 is 0 Å². The summed E-state index contributed by atoms with van der Waals surface area (Å²) >= 11 is 0. The summed E-state index contributed by atoms with van der Waals surface area (Å²) < 4.78 is 10.8. The van der Waals surface area contributed by atoms with Crippen LogP contribution in [0.5, 0.6) is 5.75 Å². The molecule has 3 rings (SSSR count). The summed E-state index contributed by atoms with van der Waals surface area (Å²) in [4.78, 5) is 14.6. The second-order valence-corrected chi connectivity index (χ2v) is 6.05. The Hall–Kier alpha value is -2.01. The van der Waals surface area contributed by atoms with Crippen LogP contribution in [-0.2, 0) is 11.2 Å². The zero-order valence-corrected chi connectivity index (χ0v) is 13.5. The monoisotopic (exact) mass is 317 g/mol. The number of carbonyl (C=O) groups excluding carboxylic acids is 1. The maximum Gasteiger partial charge on any atom is 0.227 e. The van der Waals surface area contributed by atoms with Crippen molar-refractivity contribution < 1.29 is 19.1 Å². The van der Waals surface area contributed by atoms with Gasteiger partial charge in [-0.05, 0) is 37.8 Å². The molecule has 1 aromatic heterocycles. The summed E-state index contributed by atoms with van der Waals surface area (Å²) in [6, 6.07) is 5.93. The van der Waals surface area contributed by atoms with Crippen molar-refractivity contribution in [3.63, 3.8) is 0 Å². The number of rotatable bonds is 6. The van der Waals surface area contributed by atoms with Crippen molar-refractivity contribution in [3.8, 4) is 5.75 Å². The SMILES string of the molecule is COc1ccc2c(CC(=O)N3CCCC3CCCO)coc2c1. The number of hydrogen-bond donors (Lipinski definition) is 1. The van der Waals surface area contributed by atoms with Crippen molar-refractivity contribution in [2.75, 3.05) is 20.3 Å². The van der Waals surface area contributed by atoms with E-state index in [9.17, 15) is 4.79 Å². The molecule has 1 saturated heterocycles. The van der Waals surface area contributed by atoms with Gasteiger partial charge in [0.2, 0.25) is 5.91 Å². The highest BCUT2D eigenvalue weighted by Gasteiger charge is 2.28. The topological polar surface area (TPSA) is 62.9 Å². The Morgan fingerprint density at radius 2 is 2.35 bits per heavy atom. The predicted octanol–water partition coefficient (Wildman–Crippen LogP) is 2.75. The van der Waals surface area contributed by atoms with E-state index in [1.54, 1.807) is 13.4 Å². The molecule has 2 heterocycles. The van der Waals surface area contributed by atoms with Crippen LogP contribution >= 0.6 is 0 Å². The van der Waals surface area contributed by atoms with E-state index >= 15 is 0 Å². The number of furan rings is 1. The summed E-state index contributed by atoms with van der Waals surface area (Å²) in [5.41, 5.74) is 1.66. The van der Waals surface area contributed by atoms with Crippen LogP contribution in [-0.4, -0.2) is 42.2 Å². The number of nitrogens with zero attached hydrogens (tertiary/aromatic N) is 1. The zero-order chi connectivity index (χ0) is 16.2. The van der Waals surface area contributed by atoms with Gasteiger partial charge in [0.15, 0.2) is 0 Å². The maximum absolute atomic E-state index is 12.7. The number of carbonyl (C=O) groups is 1. The lowest BCUT2D eigenvalue weighted by Crippen LogP contribution is -2.36. The van der Waals surface area contributed by atoms with Gasteiger partial charge in [-0.25, -0.2) is 0 Å². The van der Waals surface area contributed by atoms with Gasteiger partial charge in [0, 0.05) is 36.2 Å². The van der Waals surface area contributed by atoms with Crippen LogP contribution in [0.1, 0.15) is 31.2 Å². The molecule has 1 unspecified atom stereocenters. The average molecular weight is 317 g/mol. The van der Waals surface area contributed by atoms with Gasteiger partial charge in [0.25, 0.3) is 0 Å². The molecule has 1 aliphatic heterocycles. The first-order chi connectivity index (χ1) is 11.2. The molecule has 1 fully saturated rings. The molecule has 23 heavy (non-hydrogen) atoms. The molecule has 1 amide bonds. The maximum atomic E-state index is 12.7. The fourth-order valence-electron chi connectivity index (χ4n) is 3.38. The number of fused-ring (bicyclic) bond motifs is 1. The lowest BCUT2D eigenvalue weighted by Gasteiger charge is -2.24. The highest BCUT2D eigenvalue weighted by molar-refractivity contribution is 5.88. The Labute approximate surface area is 135 Å². The molecule has 0 saturated carbocycles. The molecule has 0 spiro atoms. The summed E-state index contributed by atoms with van der Waals surface area (Å²) in [6.07, 6.45) is 5.74. The lowest BCUT2D eigenvalue weighted by atomic mass is 10.1. The van der Waals surface area contributed by atoms with E-state index in [0.717, 1.165) is 54.5 Å². The number of ether oxygens (including phenoxy) is 1. The quantitative estimate of drug-likeness (QED) is 0.890. The first kappa shape index (κ1) is 15.9. The summed E-state index contributed by atoms with van der Waals surface area (Å²) in [5, 5.41) is 9.96. The molecular formula is C18H23NO4. The lowest BCUT2D eigenvalue weighted by molar-refractivity contribution is -0.131. The van der Waals surface area contributed by atoms with E-state index in [1.165, 1.54) is 0 Å². The molecule has 1 atom stereocenters. The average Bonchev–Trinajstić information content (AvgIpc) is 3.19. The molecule has 0 bridgehead atoms. The van der Waals surface area contributed by atoms with Crippen molar-refractivity contribution in [1.82, 2.24) is 4.90 Å². The van der Waals surface area contributed by atoms with E-state index in [1.807, 2.05) is 23.1 Å². The van der Waals surface area contributed by atoms with Crippen molar-refractivity contribution in [3.05, 3.63) is 30.0 Å². The number of benzene rings is 1. The van der Waals surface area contributed by atoms with Gasteiger partial charge in [-0.1, -0.05) is 0 Å². The van der Waals surface area contributed by atoms with Gasteiger partial charge in [0.05, 0.1) is 19.8 Å². The smallest absolute Gasteiger partial charge is 0.227 e. The molecule has 0 radical (unpaired) electrons. The van der Waals surface area contributed by atoms with Crippen LogP contribution < -0.4 is 4.74 Å². The fourth-order valence-corrected chi connectivity index (χ4v) is 3.38. The zero-order valence-electron chi connectivity index (χ0n) is 13.5. The second kappa shape index (κ2) is 7.04. The first-order valence-electron chi connectivity index (χ1n) is 8.17. The number of methoxy groups -OCH3 is 1. The molecule has 124 valence electrons. The van der Waals surface area contributed by atoms with E-state index in [-0.39, 0.29) is 18.6 Å². The Balaban J connectivity index is 1.72. The molecule has 2 aromatic rings. The Bertz CT molecular complexity index is 679. The van der Waals surface area contributed by atoms with Gasteiger partial charge in [-0.15, -0.1) is 0 Å². The minimum absolute atomic E-state index is 0.143. The largest absolute Gasteiger partial charge is 0.497 e. The third kappa shape index (κ3) is 3.34. The number of aliphatic hydroxyl groups is 1. The number of amides is 1. The van der Waals surface area contributed by atoms with Crippen LogP contribution in [0.3, 0.4) is 0 Å². The minimum Gasteiger partial charge on any atom is -0.497 e. The van der Waals surface area contributed by atoms with Crippen LogP contribution in [0, 0.1) is 0 Å². The summed E-state index contributed by atoms with van der Waals surface area (Å²) in [6.45, 7) is 1.01. The third-order valence-electron chi connectivity index (χ3n) is 4.60. The van der Waals surface area contributed by atoms with Crippen molar-refractivity contribution >= 4 is 16.9 Å². The van der Waals surface area contributed by atoms with Gasteiger partial charge in [-0.3, -0.25) is 4.79 Å². The van der Waals surface area contributed by atoms with Gasteiger partial charge in [0.1, 0.15) is 11.3 Å². The van der Waals surface area contributed by atoms with Crippen molar-refractivity contribution in [2.24, 2.45) is 0 Å². The molecule has 1 N–H and O–H groups in total. The predicted molar refractivity (Wildman–Crippen MR) is 87.5 cm³/mol. The van der Waals surface area contributed by atoms with Crippen molar-refractivity contribution in [2.45, 2.75) is 38.1 Å². The van der Waals surface area contributed by atoms with Crippen molar-refractivity contribution in [1.29, 1.82) is 0 Å². The molecular weight excluding hydrogens is 294 g/mol. The van der Waals surface area contributed by atoms with Crippen LogP contribution in [0.25, 0.3) is 11.0 Å². The first-order valence-corrected chi connectivity index (χ1v) is 8.17. The van der Waals surface area contributed by atoms with Gasteiger partial charge in [-0.2, -0.15) is 0 Å². The standard InChI is InChI=1S/C18H23NO4/c1-22-15-6-7-16-13(12-23-17(16)11-15)10-18(21)19-8-2-4-14(19)5-3-9-20/h6-7,11-12,14,20H,2-5,8-10H2,1H3. The molecule has 5 nitrogen and oxygen atoms in total. The molecule has 1 aromatic carbocycles. The fraction of sp³-hybridized carbons (Fsp3) is 0.500. The van der Waals surface area contributed by atoms with Gasteiger partial charge >= 0.3 is 0 Å². The molecule has 0 aliphatic carbocycles. The van der Waals surface area contributed by atoms with Crippen LogP contribution in [0.2, 0.25) is 0 Å². The number of aliphatic hydroxyl groups excluding tert-OH is 1. The minimum atomic E-state index is 0.143. The number of hydrogen-bond acceptors (Lipinski definition) is 4. The molecule has 1 aliphatic rings. The van der Waals surface area contributed by atoms with E-state index in [4.69, 9.17) is 14.3 Å².